The molecule has 114 valence electrons. The van der Waals surface area contributed by atoms with Crippen molar-refractivity contribution in [2.24, 2.45) is 0 Å². The Bertz CT molecular complexity index is 692. The van der Waals surface area contributed by atoms with Crippen LogP contribution in [0.5, 0.6) is 5.75 Å². The lowest BCUT2D eigenvalue weighted by Crippen LogP contribution is -2.10. The number of rotatable bonds is 5. The van der Waals surface area contributed by atoms with Gasteiger partial charge in [0, 0.05) is 24.8 Å². The molecule has 0 aliphatic heterocycles. The molecule has 0 amide bonds. The van der Waals surface area contributed by atoms with Gasteiger partial charge in [0.15, 0.2) is 0 Å². The molecule has 0 N–H and O–H groups in total. The summed E-state index contributed by atoms with van der Waals surface area (Å²) in [4.78, 5) is 2.03. The largest absolute Gasteiger partial charge is 0.496 e. The summed E-state index contributed by atoms with van der Waals surface area (Å²) in [6.45, 7) is 0. The fraction of sp³-hybridized carbons (Fsp3) is 0.278. The lowest BCUT2D eigenvalue weighted by Gasteiger charge is -2.17. The second-order valence-corrected chi connectivity index (χ2v) is 5.77. The van der Waals surface area contributed by atoms with E-state index in [1.165, 1.54) is 0 Å². The van der Waals surface area contributed by atoms with Crippen molar-refractivity contribution in [2.75, 3.05) is 26.1 Å². The molecular formula is C18H19ClN2O. The zero-order valence-corrected chi connectivity index (χ0v) is 13.8. The first-order valence-corrected chi connectivity index (χ1v) is 7.42. The molecule has 0 fully saturated rings. The van der Waals surface area contributed by atoms with Crippen LogP contribution in [0.3, 0.4) is 0 Å². The number of ether oxygens (including phenoxy) is 1. The second kappa shape index (κ2) is 7.20. The average molecular weight is 315 g/mol. The highest BCUT2D eigenvalue weighted by Crippen LogP contribution is 2.29. The van der Waals surface area contributed by atoms with E-state index in [2.05, 4.69) is 6.07 Å². The molecular weight excluding hydrogens is 296 g/mol. The van der Waals surface area contributed by atoms with Crippen LogP contribution in [0, 0.1) is 11.3 Å². The lowest BCUT2D eigenvalue weighted by molar-refractivity contribution is 0.409. The Morgan fingerprint density at radius 2 is 2.00 bits per heavy atom. The Balaban J connectivity index is 2.32. The van der Waals surface area contributed by atoms with Crippen molar-refractivity contribution >= 4 is 17.3 Å². The number of anilines is 1. The van der Waals surface area contributed by atoms with Gasteiger partial charge in [-0.3, -0.25) is 0 Å². The normalized spacial score (nSPS) is 11.6. The molecule has 0 saturated carbocycles. The number of methoxy groups -OCH3 is 1. The SMILES string of the molecule is COc1ccc(Cl)cc1CC(C#N)c1cccc(N(C)C)c1. The maximum absolute atomic E-state index is 9.57. The van der Waals surface area contributed by atoms with Crippen molar-refractivity contribution in [3.8, 4) is 11.8 Å². The molecule has 0 saturated heterocycles. The van der Waals surface area contributed by atoms with Gasteiger partial charge < -0.3 is 9.64 Å². The van der Waals surface area contributed by atoms with E-state index in [4.69, 9.17) is 16.3 Å². The molecule has 0 radical (unpaired) electrons. The predicted molar refractivity (Wildman–Crippen MR) is 90.8 cm³/mol. The summed E-state index contributed by atoms with van der Waals surface area (Å²) in [5, 5.41) is 10.2. The zero-order chi connectivity index (χ0) is 16.1. The van der Waals surface area contributed by atoms with E-state index < -0.39 is 0 Å². The van der Waals surface area contributed by atoms with Crippen molar-refractivity contribution in [3.05, 3.63) is 58.6 Å². The first kappa shape index (κ1) is 16.2. The summed E-state index contributed by atoms with van der Waals surface area (Å²) < 4.78 is 5.37. The maximum Gasteiger partial charge on any atom is 0.122 e. The van der Waals surface area contributed by atoms with Crippen LogP contribution in [-0.4, -0.2) is 21.2 Å². The van der Waals surface area contributed by atoms with Gasteiger partial charge in [-0.2, -0.15) is 5.26 Å². The molecule has 0 heterocycles. The smallest absolute Gasteiger partial charge is 0.122 e. The third-order valence-corrected chi connectivity index (χ3v) is 3.85. The quantitative estimate of drug-likeness (QED) is 0.827. The molecule has 0 aromatic heterocycles. The Hall–Kier alpha value is -2.18. The third kappa shape index (κ3) is 3.72. The zero-order valence-electron chi connectivity index (χ0n) is 13.0. The first-order valence-electron chi connectivity index (χ1n) is 7.04. The van der Waals surface area contributed by atoms with E-state index in [0.29, 0.717) is 11.4 Å². The van der Waals surface area contributed by atoms with Crippen LogP contribution in [0.4, 0.5) is 5.69 Å². The molecule has 2 aromatic rings. The summed E-state index contributed by atoms with van der Waals surface area (Å²) >= 11 is 6.07. The van der Waals surface area contributed by atoms with E-state index >= 15 is 0 Å². The summed E-state index contributed by atoms with van der Waals surface area (Å²) in [7, 11) is 5.60. The van der Waals surface area contributed by atoms with Gasteiger partial charge >= 0.3 is 0 Å². The Labute approximate surface area is 136 Å². The van der Waals surface area contributed by atoms with Gasteiger partial charge in [-0.25, -0.2) is 0 Å². The van der Waals surface area contributed by atoms with Crippen LogP contribution >= 0.6 is 11.6 Å². The van der Waals surface area contributed by atoms with E-state index in [9.17, 15) is 5.26 Å². The summed E-state index contributed by atoms with van der Waals surface area (Å²) in [5.41, 5.74) is 3.02. The topological polar surface area (TPSA) is 36.3 Å². The van der Waals surface area contributed by atoms with Crippen molar-refractivity contribution in [1.29, 1.82) is 5.26 Å². The molecule has 0 aliphatic carbocycles. The van der Waals surface area contributed by atoms with Gasteiger partial charge in [0.2, 0.25) is 0 Å². The van der Waals surface area contributed by atoms with Crippen LogP contribution in [-0.2, 0) is 6.42 Å². The molecule has 0 spiro atoms. The van der Waals surface area contributed by atoms with Crippen LogP contribution in [0.25, 0.3) is 0 Å². The van der Waals surface area contributed by atoms with Crippen LogP contribution in [0.15, 0.2) is 42.5 Å². The van der Waals surface area contributed by atoms with Gasteiger partial charge in [-0.1, -0.05) is 23.7 Å². The highest BCUT2D eigenvalue weighted by atomic mass is 35.5. The minimum Gasteiger partial charge on any atom is -0.496 e. The molecule has 3 nitrogen and oxygen atoms in total. The average Bonchev–Trinajstić information content (AvgIpc) is 2.52. The third-order valence-electron chi connectivity index (χ3n) is 3.61. The second-order valence-electron chi connectivity index (χ2n) is 5.33. The molecule has 1 unspecified atom stereocenters. The van der Waals surface area contributed by atoms with Gasteiger partial charge in [0.1, 0.15) is 5.75 Å². The van der Waals surface area contributed by atoms with Gasteiger partial charge in [0.25, 0.3) is 0 Å². The van der Waals surface area contributed by atoms with Gasteiger partial charge in [-0.15, -0.1) is 0 Å². The Morgan fingerprint density at radius 3 is 2.64 bits per heavy atom. The standard InChI is InChI=1S/C18H19ClN2O/c1-21(2)17-6-4-5-13(11-17)15(12-20)9-14-10-16(19)7-8-18(14)22-3/h4-8,10-11,15H,9H2,1-3H3. The molecule has 2 aromatic carbocycles. The highest BCUT2D eigenvalue weighted by Gasteiger charge is 2.15. The fourth-order valence-electron chi connectivity index (χ4n) is 2.38. The van der Waals surface area contributed by atoms with E-state index in [1.807, 2.05) is 55.4 Å². The van der Waals surface area contributed by atoms with Crippen molar-refractivity contribution in [1.82, 2.24) is 0 Å². The lowest BCUT2D eigenvalue weighted by atomic mass is 9.92. The van der Waals surface area contributed by atoms with E-state index in [1.54, 1.807) is 13.2 Å². The number of hydrogen-bond acceptors (Lipinski definition) is 3. The van der Waals surface area contributed by atoms with Crippen LogP contribution in [0.2, 0.25) is 5.02 Å². The van der Waals surface area contributed by atoms with Crippen LogP contribution < -0.4 is 9.64 Å². The van der Waals surface area contributed by atoms with Gasteiger partial charge in [-0.05, 0) is 47.9 Å². The maximum atomic E-state index is 9.57. The number of nitrogens with zero attached hydrogens (tertiary/aromatic N) is 2. The first-order chi connectivity index (χ1) is 10.5. The fourth-order valence-corrected chi connectivity index (χ4v) is 2.58. The van der Waals surface area contributed by atoms with Crippen molar-refractivity contribution < 1.29 is 4.74 Å². The molecule has 0 aliphatic rings. The summed E-state index contributed by atoms with van der Waals surface area (Å²) in [5.74, 6) is 0.515. The predicted octanol–water partition coefficient (Wildman–Crippen LogP) is 4.26. The van der Waals surface area contributed by atoms with E-state index in [-0.39, 0.29) is 5.92 Å². The minimum atomic E-state index is -0.243. The minimum absolute atomic E-state index is 0.243. The number of benzene rings is 2. The van der Waals surface area contributed by atoms with Crippen molar-refractivity contribution in [2.45, 2.75) is 12.3 Å². The monoisotopic (exact) mass is 314 g/mol. The molecule has 22 heavy (non-hydrogen) atoms. The number of hydrogen-bond donors (Lipinski definition) is 0. The van der Waals surface area contributed by atoms with Gasteiger partial charge in [0.05, 0.1) is 19.1 Å². The molecule has 0 bridgehead atoms. The Morgan fingerprint density at radius 1 is 1.23 bits per heavy atom. The number of halogens is 1. The number of nitriles is 1. The summed E-state index contributed by atoms with van der Waals surface area (Å²) in [6, 6.07) is 15.9. The van der Waals surface area contributed by atoms with Crippen molar-refractivity contribution in [3.63, 3.8) is 0 Å². The Kier molecular flexibility index (Phi) is 5.30. The van der Waals surface area contributed by atoms with E-state index in [0.717, 1.165) is 22.6 Å². The summed E-state index contributed by atoms with van der Waals surface area (Å²) in [6.07, 6.45) is 0.567. The molecule has 2 rings (SSSR count). The highest BCUT2D eigenvalue weighted by molar-refractivity contribution is 6.30. The van der Waals surface area contributed by atoms with Crippen LogP contribution in [0.1, 0.15) is 17.0 Å². The molecule has 1 atom stereocenters. The molecule has 4 heteroatoms.